The average molecular weight is 536 g/mol. The summed E-state index contributed by atoms with van der Waals surface area (Å²) in [7, 11) is 0. The number of hydrogen-bond acceptors (Lipinski definition) is 2. The molecule has 0 heterocycles. The maximum atomic E-state index is 15.1. The lowest BCUT2D eigenvalue weighted by Crippen LogP contribution is -2.37. The van der Waals surface area contributed by atoms with Gasteiger partial charge < -0.3 is 4.74 Å². The van der Waals surface area contributed by atoms with E-state index in [2.05, 4.69) is 13.0 Å². The highest BCUT2D eigenvalue weighted by Gasteiger charge is 2.44. The van der Waals surface area contributed by atoms with E-state index >= 15 is 4.39 Å². The molecule has 2 aliphatic carbocycles. The predicted molar refractivity (Wildman–Crippen MR) is 144 cm³/mol. The van der Waals surface area contributed by atoms with Crippen molar-refractivity contribution in [2.75, 3.05) is 0 Å². The predicted octanol–water partition coefficient (Wildman–Crippen LogP) is 9.74. The molecule has 3 aromatic carbocycles. The van der Waals surface area contributed by atoms with Gasteiger partial charge in [0.25, 0.3) is 0 Å². The summed E-state index contributed by atoms with van der Waals surface area (Å²) < 4.78 is 63.4. The van der Waals surface area contributed by atoms with Gasteiger partial charge in [0.15, 0.2) is 0 Å². The number of halogens is 4. The first-order valence-corrected chi connectivity index (χ1v) is 13.9. The number of hydrogen-bond donors (Lipinski definition) is 0. The van der Waals surface area contributed by atoms with Crippen molar-refractivity contribution in [3.05, 3.63) is 89.0 Å². The van der Waals surface area contributed by atoms with Gasteiger partial charge in [-0.05, 0) is 91.2 Å². The fourth-order valence-corrected chi connectivity index (χ4v) is 6.20. The molecule has 2 aliphatic rings. The zero-order valence-electron chi connectivity index (χ0n) is 22.1. The molecule has 0 unspecified atom stereocenters. The lowest BCUT2D eigenvalue weighted by molar-refractivity contribution is -0.222. The highest BCUT2D eigenvalue weighted by Crippen LogP contribution is 2.44. The molecule has 2 nitrogen and oxygen atoms in total. The van der Waals surface area contributed by atoms with E-state index in [1.165, 1.54) is 18.9 Å². The molecule has 0 N–H and O–H groups in total. The number of nitrogens with zero attached hydrogens (tertiary/aromatic N) is 1. The van der Waals surface area contributed by atoms with E-state index in [1.54, 1.807) is 12.1 Å². The van der Waals surface area contributed by atoms with Crippen LogP contribution in [-0.2, 0) is 0 Å². The van der Waals surface area contributed by atoms with Gasteiger partial charge in [0.05, 0.1) is 11.5 Å². The van der Waals surface area contributed by atoms with Crippen LogP contribution in [0.25, 0.3) is 11.1 Å². The zero-order valence-corrected chi connectivity index (χ0v) is 22.1. The normalized spacial score (nSPS) is 23.7. The molecule has 0 saturated heterocycles. The first kappa shape index (κ1) is 27.2. The Bertz CT molecular complexity index is 1330. The molecule has 0 bridgehead atoms. The van der Waals surface area contributed by atoms with Crippen LogP contribution in [-0.4, -0.2) is 6.11 Å². The van der Waals surface area contributed by atoms with Crippen LogP contribution in [0.4, 0.5) is 17.6 Å². The molecule has 0 aliphatic heterocycles. The highest BCUT2D eigenvalue weighted by molar-refractivity contribution is 5.65. The van der Waals surface area contributed by atoms with E-state index in [9.17, 15) is 13.2 Å². The van der Waals surface area contributed by atoms with Crippen LogP contribution in [0, 0.1) is 34.8 Å². The zero-order chi connectivity index (χ0) is 27.6. The fourth-order valence-electron chi connectivity index (χ4n) is 6.20. The minimum atomic E-state index is -3.44. The van der Waals surface area contributed by atoms with Gasteiger partial charge in [0.2, 0.25) is 0 Å². The van der Waals surface area contributed by atoms with Gasteiger partial charge in [0, 0.05) is 11.6 Å². The first-order chi connectivity index (χ1) is 18.7. The molecule has 2 saturated carbocycles. The summed E-state index contributed by atoms with van der Waals surface area (Å²) >= 11 is 0. The molecule has 204 valence electrons. The Morgan fingerprint density at radius 3 is 1.97 bits per heavy atom. The maximum Gasteiger partial charge on any atom is 0.400 e. The molecule has 0 atom stereocenters. The maximum absolute atomic E-state index is 15.1. The molecule has 3 aromatic rings. The number of alkyl halides is 2. The monoisotopic (exact) mass is 535 g/mol. The Labute approximate surface area is 227 Å². The van der Waals surface area contributed by atoms with E-state index in [1.807, 2.05) is 30.3 Å². The first-order valence-electron chi connectivity index (χ1n) is 13.9. The van der Waals surface area contributed by atoms with Crippen molar-refractivity contribution in [1.29, 1.82) is 5.26 Å². The summed E-state index contributed by atoms with van der Waals surface area (Å²) in [6, 6.07) is 18.2. The van der Waals surface area contributed by atoms with E-state index in [-0.39, 0.29) is 35.9 Å². The van der Waals surface area contributed by atoms with Gasteiger partial charge >= 0.3 is 6.11 Å². The van der Waals surface area contributed by atoms with Crippen molar-refractivity contribution in [1.82, 2.24) is 0 Å². The SMILES string of the molecule is CC1CCC(c2ccc(-c3ccc(C4CCC(C(F)(F)Oc5ccc(C#N)c(F)c5)CC4)cc3)c(F)c2)CC1. The third-order valence-corrected chi connectivity index (χ3v) is 8.69. The Balaban J connectivity index is 1.19. The Hall–Kier alpha value is -3.33. The minimum Gasteiger partial charge on any atom is -0.432 e. The van der Waals surface area contributed by atoms with Crippen molar-refractivity contribution in [2.45, 2.75) is 76.2 Å². The minimum absolute atomic E-state index is 0.138. The summed E-state index contributed by atoms with van der Waals surface area (Å²) in [4.78, 5) is 0. The summed E-state index contributed by atoms with van der Waals surface area (Å²) in [5, 5.41) is 8.82. The Kier molecular flexibility index (Phi) is 7.98. The molecular weight excluding hydrogens is 502 g/mol. The van der Waals surface area contributed by atoms with E-state index in [0.29, 0.717) is 24.3 Å². The topological polar surface area (TPSA) is 33.0 Å². The number of benzene rings is 3. The standard InChI is InChI=1S/C33H33F4NO/c1-21-2-4-24(5-3-21)26-13-17-30(32(35)18-26)25-8-6-22(7-9-25)23-10-14-28(15-11-23)33(36,37)39-29-16-12-27(20-38)31(34)19-29/h6-9,12-13,16-19,21,23-24,28H,2-5,10-11,14-15H2,1H3. The third-order valence-electron chi connectivity index (χ3n) is 8.69. The van der Waals surface area contributed by atoms with Gasteiger partial charge in [0.1, 0.15) is 23.5 Å². The molecule has 0 aromatic heterocycles. The van der Waals surface area contributed by atoms with Crippen LogP contribution in [0.5, 0.6) is 5.75 Å². The quantitative estimate of drug-likeness (QED) is 0.294. The number of nitriles is 1. The van der Waals surface area contributed by atoms with Gasteiger partial charge in [-0.2, -0.15) is 14.0 Å². The van der Waals surface area contributed by atoms with Gasteiger partial charge in [-0.25, -0.2) is 8.78 Å². The van der Waals surface area contributed by atoms with Crippen LogP contribution < -0.4 is 4.74 Å². The van der Waals surface area contributed by atoms with Gasteiger partial charge in [-0.15, -0.1) is 0 Å². The number of ether oxygens (including phenoxy) is 1. The van der Waals surface area contributed by atoms with Crippen molar-refractivity contribution in [2.24, 2.45) is 11.8 Å². The van der Waals surface area contributed by atoms with Crippen LogP contribution in [0.2, 0.25) is 0 Å². The van der Waals surface area contributed by atoms with Crippen LogP contribution >= 0.6 is 0 Å². The second kappa shape index (κ2) is 11.4. The fraction of sp³-hybridized carbons (Fsp3) is 0.424. The van der Waals surface area contributed by atoms with Crippen LogP contribution in [0.3, 0.4) is 0 Å². The molecule has 0 radical (unpaired) electrons. The largest absolute Gasteiger partial charge is 0.432 e. The van der Waals surface area contributed by atoms with Crippen molar-refractivity contribution < 1.29 is 22.3 Å². The highest BCUT2D eigenvalue weighted by atomic mass is 19.3. The molecule has 6 heteroatoms. The summed E-state index contributed by atoms with van der Waals surface area (Å²) in [6.07, 6.45) is 2.88. The van der Waals surface area contributed by atoms with Crippen LogP contribution in [0.1, 0.15) is 86.8 Å². The molecular formula is C33H33F4NO. The van der Waals surface area contributed by atoms with Crippen molar-refractivity contribution in [3.63, 3.8) is 0 Å². The molecule has 0 spiro atoms. The second-order valence-electron chi connectivity index (χ2n) is 11.3. The Morgan fingerprint density at radius 1 is 0.744 bits per heavy atom. The van der Waals surface area contributed by atoms with E-state index < -0.39 is 17.8 Å². The summed E-state index contributed by atoms with van der Waals surface area (Å²) in [5.41, 5.74) is 3.31. The molecule has 5 rings (SSSR count). The van der Waals surface area contributed by atoms with E-state index in [0.717, 1.165) is 47.6 Å². The van der Waals surface area contributed by atoms with Crippen molar-refractivity contribution in [3.8, 4) is 22.9 Å². The number of rotatable bonds is 6. The molecule has 0 amide bonds. The van der Waals surface area contributed by atoms with Gasteiger partial charge in [-0.3, -0.25) is 0 Å². The third kappa shape index (κ3) is 6.13. The molecule has 2 fully saturated rings. The van der Waals surface area contributed by atoms with Crippen molar-refractivity contribution >= 4 is 0 Å². The van der Waals surface area contributed by atoms with Crippen LogP contribution in [0.15, 0.2) is 60.7 Å². The second-order valence-corrected chi connectivity index (χ2v) is 11.3. The Morgan fingerprint density at radius 2 is 1.36 bits per heavy atom. The van der Waals surface area contributed by atoms with Gasteiger partial charge in [-0.1, -0.05) is 56.2 Å². The average Bonchev–Trinajstić information content (AvgIpc) is 2.93. The van der Waals surface area contributed by atoms with E-state index in [4.69, 9.17) is 10.00 Å². The smallest absolute Gasteiger partial charge is 0.400 e. The summed E-state index contributed by atoms with van der Waals surface area (Å²) in [5.74, 6) is -1.03. The lowest BCUT2D eigenvalue weighted by atomic mass is 9.78. The lowest BCUT2D eigenvalue weighted by Gasteiger charge is -2.33. The summed E-state index contributed by atoms with van der Waals surface area (Å²) in [6.45, 7) is 2.28. The molecule has 39 heavy (non-hydrogen) atoms.